The molecule has 0 aliphatic carbocycles. The molecule has 2 heteroatoms. The number of hydrogen-bond donors (Lipinski definition) is 1. The monoisotopic (exact) mass is 210 g/mol. The Kier molecular flexibility index (Phi) is 3.36. The average Bonchev–Trinajstić information content (AvgIpc) is 2.17. The summed E-state index contributed by atoms with van der Waals surface area (Å²) in [5.74, 6) is 0. The van der Waals surface area contributed by atoms with E-state index in [1.54, 1.807) is 0 Å². The molecule has 0 spiro atoms. The largest absolute Gasteiger partial charge is 0.314 e. The normalized spacial score (nSPS) is 37.8. The Morgan fingerprint density at radius 3 is 2.47 bits per heavy atom. The van der Waals surface area contributed by atoms with E-state index in [0.717, 1.165) is 12.1 Å². The number of hydrogen-bond acceptors (Lipinski definition) is 2. The second-order valence-corrected chi connectivity index (χ2v) is 6.23. The van der Waals surface area contributed by atoms with Crippen LogP contribution in [-0.2, 0) is 0 Å². The van der Waals surface area contributed by atoms with E-state index in [1.807, 2.05) is 0 Å². The second-order valence-electron chi connectivity index (χ2n) is 6.23. The zero-order chi connectivity index (χ0) is 10.9. The summed E-state index contributed by atoms with van der Waals surface area (Å²) in [5, 5.41) is 3.54. The minimum Gasteiger partial charge on any atom is -0.314 e. The fourth-order valence-electron chi connectivity index (χ4n) is 2.93. The Labute approximate surface area is 94.4 Å². The fourth-order valence-corrected chi connectivity index (χ4v) is 2.93. The SMILES string of the molecule is CC1CC(N2CCC(C)(C)CC2)CCN1. The van der Waals surface area contributed by atoms with E-state index in [9.17, 15) is 0 Å². The van der Waals surface area contributed by atoms with Crippen molar-refractivity contribution in [1.29, 1.82) is 0 Å². The van der Waals surface area contributed by atoms with Gasteiger partial charge in [0, 0.05) is 12.1 Å². The van der Waals surface area contributed by atoms with Gasteiger partial charge in [-0.25, -0.2) is 0 Å². The number of nitrogens with one attached hydrogen (secondary N) is 1. The fraction of sp³-hybridized carbons (Fsp3) is 1.00. The molecule has 15 heavy (non-hydrogen) atoms. The van der Waals surface area contributed by atoms with Crippen molar-refractivity contribution in [2.24, 2.45) is 5.41 Å². The van der Waals surface area contributed by atoms with Crippen LogP contribution in [0, 0.1) is 5.41 Å². The van der Waals surface area contributed by atoms with Gasteiger partial charge >= 0.3 is 0 Å². The van der Waals surface area contributed by atoms with Crippen LogP contribution in [0.25, 0.3) is 0 Å². The molecule has 2 unspecified atom stereocenters. The number of rotatable bonds is 1. The van der Waals surface area contributed by atoms with Gasteiger partial charge in [-0.15, -0.1) is 0 Å². The van der Waals surface area contributed by atoms with Crippen LogP contribution in [0.3, 0.4) is 0 Å². The molecule has 2 atom stereocenters. The Morgan fingerprint density at radius 2 is 1.87 bits per heavy atom. The summed E-state index contributed by atoms with van der Waals surface area (Å²) in [6.45, 7) is 11.0. The minimum absolute atomic E-state index is 0.592. The van der Waals surface area contributed by atoms with Crippen molar-refractivity contribution in [3.8, 4) is 0 Å². The molecule has 0 aromatic heterocycles. The first kappa shape index (κ1) is 11.4. The zero-order valence-electron chi connectivity index (χ0n) is 10.6. The molecule has 2 nitrogen and oxygen atoms in total. The topological polar surface area (TPSA) is 15.3 Å². The number of likely N-dealkylation sites (tertiary alicyclic amines) is 1. The zero-order valence-corrected chi connectivity index (χ0v) is 10.6. The summed E-state index contributed by atoms with van der Waals surface area (Å²) in [7, 11) is 0. The lowest BCUT2D eigenvalue weighted by atomic mass is 9.81. The van der Waals surface area contributed by atoms with Crippen LogP contribution in [0.2, 0.25) is 0 Å². The molecule has 2 fully saturated rings. The van der Waals surface area contributed by atoms with Crippen LogP contribution < -0.4 is 5.32 Å². The highest BCUT2D eigenvalue weighted by Crippen LogP contribution is 2.32. The van der Waals surface area contributed by atoms with Crippen LogP contribution in [-0.4, -0.2) is 36.6 Å². The second kappa shape index (κ2) is 4.42. The summed E-state index contributed by atoms with van der Waals surface area (Å²) in [6, 6.07) is 1.58. The standard InChI is InChI=1S/C13H26N2/c1-11-10-12(4-7-14-11)15-8-5-13(2,3)6-9-15/h11-12,14H,4-10H2,1-3H3. The van der Waals surface area contributed by atoms with E-state index in [-0.39, 0.29) is 0 Å². The molecular formula is C13H26N2. The minimum atomic E-state index is 0.592. The molecule has 0 amide bonds. The first-order chi connectivity index (χ1) is 7.07. The molecule has 2 aliphatic heterocycles. The Bertz CT molecular complexity index is 203. The summed E-state index contributed by atoms with van der Waals surface area (Å²) in [5.41, 5.74) is 0.592. The molecule has 2 saturated heterocycles. The molecule has 2 heterocycles. The van der Waals surface area contributed by atoms with Crippen LogP contribution in [0.15, 0.2) is 0 Å². The molecule has 0 bridgehead atoms. The molecule has 2 rings (SSSR count). The van der Waals surface area contributed by atoms with Gasteiger partial charge in [-0.2, -0.15) is 0 Å². The first-order valence-corrected chi connectivity index (χ1v) is 6.54. The van der Waals surface area contributed by atoms with Gasteiger partial charge in [0.25, 0.3) is 0 Å². The van der Waals surface area contributed by atoms with E-state index in [0.29, 0.717) is 5.41 Å². The Hall–Kier alpha value is -0.0800. The maximum Gasteiger partial charge on any atom is 0.0122 e. The Morgan fingerprint density at radius 1 is 1.20 bits per heavy atom. The number of piperidine rings is 2. The van der Waals surface area contributed by atoms with Crippen molar-refractivity contribution < 1.29 is 0 Å². The van der Waals surface area contributed by atoms with Gasteiger partial charge in [0.05, 0.1) is 0 Å². The highest BCUT2D eigenvalue weighted by Gasteiger charge is 2.30. The van der Waals surface area contributed by atoms with Crippen molar-refractivity contribution in [3.05, 3.63) is 0 Å². The van der Waals surface area contributed by atoms with Crippen molar-refractivity contribution in [1.82, 2.24) is 10.2 Å². The molecule has 2 aliphatic rings. The van der Waals surface area contributed by atoms with Gasteiger partial charge < -0.3 is 10.2 Å². The third kappa shape index (κ3) is 2.94. The third-order valence-corrected chi connectivity index (χ3v) is 4.26. The molecule has 0 radical (unpaired) electrons. The van der Waals surface area contributed by atoms with Gasteiger partial charge in [0.2, 0.25) is 0 Å². The van der Waals surface area contributed by atoms with Crippen LogP contribution in [0.4, 0.5) is 0 Å². The highest BCUT2D eigenvalue weighted by atomic mass is 15.2. The van der Waals surface area contributed by atoms with Gasteiger partial charge in [0.1, 0.15) is 0 Å². The highest BCUT2D eigenvalue weighted by molar-refractivity contribution is 4.87. The van der Waals surface area contributed by atoms with E-state index in [2.05, 4.69) is 31.0 Å². The van der Waals surface area contributed by atoms with E-state index >= 15 is 0 Å². The quantitative estimate of drug-likeness (QED) is 0.714. The third-order valence-electron chi connectivity index (χ3n) is 4.26. The van der Waals surface area contributed by atoms with E-state index < -0.39 is 0 Å². The van der Waals surface area contributed by atoms with Gasteiger partial charge in [-0.1, -0.05) is 13.8 Å². The van der Waals surface area contributed by atoms with Crippen molar-refractivity contribution in [3.63, 3.8) is 0 Å². The summed E-state index contributed by atoms with van der Waals surface area (Å²) >= 11 is 0. The predicted octanol–water partition coefficient (Wildman–Crippen LogP) is 2.25. The molecule has 1 N–H and O–H groups in total. The van der Waals surface area contributed by atoms with Crippen LogP contribution in [0.5, 0.6) is 0 Å². The maximum atomic E-state index is 3.54. The lowest BCUT2D eigenvalue weighted by molar-refractivity contribution is 0.0726. The van der Waals surface area contributed by atoms with Crippen molar-refractivity contribution in [2.75, 3.05) is 19.6 Å². The summed E-state index contributed by atoms with van der Waals surface area (Å²) in [6.07, 6.45) is 5.46. The summed E-state index contributed by atoms with van der Waals surface area (Å²) < 4.78 is 0. The van der Waals surface area contributed by atoms with Crippen molar-refractivity contribution in [2.45, 2.75) is 58.5 Å². The summed E-state index contributed by atoms with van der Waals surface area (Å²) in [4.78, 5) is 2.74. The van der Waals surface area contributed by atoms with E-state index in [4.69, 9.17) is 0 Å². The smallest absolute Gasteiger partial charge is 0.0122 e. The lowest BCUT2D eigenvalue weighted by Crippen LogP contribution is -2.50. The molecule has 0 aromatic carbocycles. The molecule has 0 saturated carbocycles. The molecule has 0 aromatic rings. The Balaban J connectivity index is 1.84. The molecular weight excluding hydrogens is 184 g/mol. The van der Waals surface area contributed by atoms with E-state index in [1.165, 1.54) is 45.3 Å². The van der Waals surface area contributed by atoms with Crippen LogP contribution in [0.1, 0.15) is 46.5 Å². The van der Waals surface area contributed by atoms with Crippen molar-refractivity contribution >= 4 is 0 Å². The number of nitrogens with zero attached hydrogens (tertiary/aromatic N) is 1. The maximum absolute atomic E-state index is 3.54. The van der Waals surface area contributed by atoms with Crippen LogP contribution >= 0.6 is 0 Å². The lowest BCUT2D eigenvalue weighted by Gasteiger charge is -2.43. The molecule has 88 valence electrons. The van der Waals surface area contributed by atoms with Gasteiger partial charge in [-0.3, -0.25) is 0 Å². The van der Waals surface area contributed by atoms with Gasteiger partial charge in [0.15, 0.2) is 0 Å². The predicted molar refractivity (Wildman–Crippen MR) is 65.1 cm³/mol. The first-order valence-electron chi connectivity index (χ1n) is 6.54. The average molecular weight is 210 g/mol. The van der Waals surface area contributed by atoms with Gasteiger partial charge in [-0.05, 0) is 57.7 Å².